The Bertz CT molecular complexity index is 1070. The van der Waals surface area contributed by atoms with Gasteiger partial charge in [-0.1, -0.05) is 0 Å². The fraction of sp³-hybridized carbons (Fsp3) is 0.450. The maximum Gasteiger partial charge on any atom is 0.203 e. The van der Waals surface area contributed by atoms with Crippen molar-refractivity contribution in [3.63, 3.8) is 0 Å². The summed E-state index contributed by atoms with van der Waals surface area (Å²) in [4.78, 5) is 12.2. The summed E-state index contributed by atoms with van der Waals surface area (Å²) < 4.78 is 29.1. The Balaban J connectivity index is 1.44. The third kappa shape index (κ3) is 3.88. The highest BCUT2D eigenvalue weighted by molar-refractivity contribution is 5.81. The fourth-order valence-corrected chi connectivity index (χ4v) is 3.66. The van der Waals surface area contributed by atoms with Crippen LogP contribution in [0.5, 0.6) is 17.2 Å². The van der Waals surface area contributed by atoms with Crippen LogP contribution in [0.4, 0.5) is 5.82 Å². The Kier molecular flexibility index (Phi) is 6.28. The summed E-state index contributed by atoms with van der Waals surface area (Å²) in [5.74, 6) is 1.71. The lowest BCUT2D eigenvalue weighted by molar-refractivity contribution is -0.0683. The van der Waals surface area contributed by atoms with Crippen LogP contribution < -0.4 is 19.9 Å². The topological polar surface area (TPSA) is 156 Å². The van der Waals surface area contributed by atoms with Crippen molar-refractivity contribution in [2.45, 2.75) is 31.1 Å². The first-order valence-electron chi connectivity index (χ1n) is 9.79. The minimum absolute atomic E-state index is 0.0368. The van der Waals surface area contributed by atoms with E-state index in [0.717, 1.165) is 5.56 Å². The van der Waals surface area contributed by atoms with Gasteiger partial charge in [-0.15, -0.1) is 0 Å². The average molecular weight is 447 g/mol. The van der Waals surface area contributed by atoms with Gasteiger partial charge < -0.3 is 39.6 Å². The molecule has 1 saturated heterocycles. The fourth-order valence-electron chi connectivity index (χ4n) is 3.66. The predicted octanol–water partition coefficient (Wildman–Crippen LogP) is 0.270. The largest absolute Gasteiger partial charge is 0.493 e. The molecule has 0 radical (unpaired) electrons. The summed E-state index contributed by atoms with van der Waals surface area (Å²) in [5.41, 5.74) is 7.37. The molecule has 0 amide bonds. The molecule has 1 fully saturated rings. The second-order valence-electron chi connectivity index (χ2n) is 7.18. The van der Waals surface area contributed by atoms with E-state index < -0.39 is 24.5 Å². The summed E-state index contributed by atoms with van der Waals surface area (Å²) >= 11 is 0. The van der Waals surface area contributed by atoms with E-state index in [1.165, 1.54) is 38.6 Å². The second-order valence-corrected chi connectivity index (χ2v) is 7.18. The first-order valence-corrected chi connectivity index (χ1v) is 9.79. The number of nitrogen functional groups attached to an aromatic ring is 1. The number of methoxy groups -OCH3 is 3. The monoisotopic (exact) mass is 447 g/mol. The highest BCUT2D eigenvalue weighted by Gasteiger charge is 2.44. The molecule has 4 rings (SSSR count). The zero-order chi connectivity index (χ0) is 22.8. The van der Waals surface area contributed by atoms with Gasteiger partial charge in [-0.05, 0) is 17.7 Å². The quantitative estimate of drug-likeness (QED) is 0.435. The smallest absolute Gasteiger partial charge is 0.203 e. The molecule has 4 atom stereocenters. The number of ether oxygens (including phenoxy) is 5. The second kappa shape index (κ2) is 9.12. The van der Waals surface area contributed by atoms with Crippen molar-refractivity contribution in [1.82, 2.24) is 19.5 Å². The summed E-state index contributed by atoms with van der Waals surface area (Å²) in [6, 6.07) is 3.54. The standard InChI is InChI=1S/C20H25N5O7/c1-28-11-4-10(5-12(29-2)17(11)30-3)6-31-7-13-15(26)16(27)20(32-13)25-9-24-14-18(21)22-8-23-19(14)25/h4-5,8-9,13,15-16,20,26-27H,6-7H2,1-3H3,(H2,21,22,23)/t13-,15-,16-,20-/m1/s1. The number of nitrogens with zero attached hydrogens (tertiary/aromatic N) is 4. The van der Waals surface area contributed by atoms with Crippen molar-refractivity contribution in [2.75, 3.05) is 33.7 Å². The van der Waals surface area contributed by atoms with Crippen molar-refractivity contribution in [3.8, 4) is 17.2 Å². The third-order valence-electron chi connectivity index (χ3n) is 5.27. The van der Waals surface area contributed by atoms with Crippen LogP contribution >= 0.6 is 0 Å². The lowest BCUT2D eigenvalue weighted by Crippen LogP contribution is -2.33. The van der Waals surface area contributed by atoms with E-state index in [1.54, 1.807) is 12.1 Å². The van der Waals surface area contributed by atoms with E-state index in [1.807, 2.05) is 0 Å². The van der Waals surface area contributed by atoms with Crippen LogP contribution in [0.15, 0.2) is 24.8 Å². The van der Waals surface area contributed by atoms with E-state index in [-0.39, 0.29) is 19.0 Å². The minimum atomic E-state index is -1.21. The minimum Gasteiger partial charge on any atom is -0.493 e. The maximum absolute atomic E-state index is 10.5. The summed E-state index contributed by atoms with van der Waals surface area (Å²) in [6.45, 7) is 0.233. The first kappa shape index (κ1) is 22.0. The lowest BCUT2D eigenvalue weighted by Gasteiger charge is -2.17. The Hall–Kier alpha value is -3.19. The molecule has 3 aromatic rings. The molecule has 0 aliphatic carbocycles. The van der Waals surface area contributed by atoms with Crippen LogP contribution in [0.3, 0.4) is 0 Å². The Morgan fingerprint density at radius 3 is 2.41 bits per heavy atom. The molecule has 0 bridgehead atoms. The van der Waals surface area contributed by atoms with Crippen LogP contribution in [-0.2, 0) is 16.1 Å². The number of anilines is 1. The van der Waals surface area contributed by atoms with Gasteiger partial charge >= 0.3 is 0 Å². The van der Waals surface area contributed by atoms with Gasteiger partial charge in [0.2, 0.25) is 5.75 Å². The van der Waals surface area contributed by atoms with Crippen LogP contribution in [0.25, 0.3) is 11.2 Å². The molecule has 0 unspecified atom stereocenters. The number of aliphatic hydroxyl groups is 2. The zero-order valence-electron chi connectivity index (χ0n) is 17.8. The Morgan fingerprint density at radius 2 is 1.75 bits per heavy atom. The molecule has 1 aliphatic rings. The van der Waals surface area contributed by atoms with E-state index >= 15 is 0 Å². The molecular formula is C20H25N5O7. The molecule has 0 saturated carbocycles. The average Bonchev–Trinajstić information content (AvgIpc) is 3.35. The molecule has 3 heterocycles. The number of nitrogens with two attached hydrogens (primary N) is 1. The van der Waals surface area contributed by atoms with Crippen molar-refractivity contribution in [1.29, 1.82) is 0 Å². The SMILES string of the molecule is COc1cc(COC[C@H]2O[C@@H](n3cnc4c(N)ncnc43)[C@H](O)[C@@H]2O)cc(OC)c1OC. The van der Waals surface area contributed by atoms with Crippen molar-refractivity contribution in [3.05, 3.63) is 30.4 Å². The third-order valence-corrected chi connectivity index (χ3v) is 5.27. The molecule has 2 aromatic heterocycles. The number of imidazole rings is 1. The molecule has 32 heavy (non-hydrogen) atoms. The molecule has 4 N–H and O–H groups in total. The summed E-state index contributed by atoms with van der Waals surface area (Å²) in [5, 5.41) is 21.0. The number of hydrogen-bond acceptors (Lipinski definition) is 11. The van der Waals surface area contributed by atoms with Gasteiger partial charge in [0.15, 0.2) is 29.2 Å². The van der Waals surface area contributed by atoms with Crippen molar-refractivity contribution in [2.24, 2.45) is 0 Å². The van der Waals surface area contributed by atoms with Gasteiger partial charge in [0.05, 0.1) is 40.9 Å². The number of rotatable bonds is 8. The van der Waals surface area contributed by atoms with Gasteiger partial charge in [-0.25, -0.2) is 15.0 Å². The van der Waals surface area contributed by atoms with E-state index in [2.05, 4.69) is 15.0 Å². The Labute approximate surface area is 183 Å². The number of benzene rings is 1. The molecule has 0 spiro atoms. The van der Waals surface area contributed by atoms with E-state index in [9.17, 15) is 10.2 Å². The normalized spacial score (nSPS) is 22.9. The molecule has 12 heteroatoms. The first-order chi connectivity index (χ1) is 15.5. The summed E-state index contributed by atoms with van der Waals surface area (Å²) in [7, 11) is 4.59. The Morgan fingerprint density at radius 1 is 1.03 bits per heavy atom. The maximum atomic E-state index is 10.5. The zero-order valence-corrected chi connectivity index (χ0v) is 17.8. The van der Waals surface area contributed by atoms with Gasteiger partial charge in [0.25, 0.3) is 0 Å². The number of hydrogen-bond donors (Lipinski definition) is 3. The van der Waals surface area contributed by atoms with Gasteiger partial charge in [0, 0.05) is 0 Å². The molecule has 12 nitrogen and oxygen atoms in total. The lowest BCUT2D eigenvalue weighted by atomic mass is 10.1. The van der Waals surface area contributed by atoms with Gasteiger partial charge in [-0.3, -0.25) is 4.57 Å². The van der Waals surface area contributed by atoms with Crippen LogP contribution in [0, 0.1) is 0 Å². The van der Waals surface area contributed by atoms with Crippen molar-refractivity contribution >= 4 is 17.0 Å². The van der Waals surface area contributed by atoms with Crippen LogP contribution in [0.1, 0.15) is 11.8 Å². The van der Waals surface area contributed by atoms with Gasteiger partial charge in [0.1, 0.15) is 30.2 Å². The number of fused-ring (bicyclic) bond motifs is 1. The molecule has 1 aliphatic heterocycles. The number of aromatic nitrogens is 4. The van der Waals surface area contributed by atoms with Gasteiger partial charge in [-0.2, -0.15) is 0 Å². The summed E-state index contributed by atoms with van der Waals surface area (Å²) in [6.07, 6.45) is -1.32. The van der Waals surface area contributed by atoms with Crippen LogP contribution in [0.2, 0.25) is 0 Å². The highest BCUT2D eigenvalue weighted by atomic mass is 16.6. The van der Waals surface area contributed by atoms with E-state index in [4.69, 9.17) is 29.4 Å². The molecule has 172 valence electrons. The predicted molar refractivity (Wildman–Crippen MR) is 111 cm³/mol. The van der Waals surface area contributed by atoms with Crippen molar-refractivity contribution < 1.29 is 33.9 Å². The molecule has 1 aromatic carbocycles. The molecular weight excluding hydrogens is 422 g/mol. The van der Waals surface area contributed by atoms with E-state index in [0.29, 0.717) is 28.4 Å². The highest BCUT2D eigenvalue weighted by Crippen LogP contribution is 2.38. The van der Waals surface area contributed by atoms with Crippen LogP contribution in [-0.4, -0.2) is 76.0 Å². The number of aliphatic hydroxyl groups excluding tert-OH is 2.